The van der Waals surface area contributed by atoms with Crippen molar-refractivity contribution >= 4 is 20.1 Å². The van der Waals surface area contributed by atoms with Crippen LogP contribution in [0.1, 0.15) is 39.0 Å². The second kappa shape index (κ2) is 9.64. The highest BCUT2D eigenvalue weighted by Gasteiger charge is 2.21. The Morgan fingerprint density at radius 3 is 2.35 bits per heavy atom. The van der Waals surface area contributed by atoms with Crippen molar-refractivity contribution in [3.8, 4) is 0 Å². The van der Waals surface area contributed by atoms with E-state index in [4.69, 9.17) is 4.43 Å². The van der Waals surface area contributed by atoms with Crippen molar-refractivity contribution in [1.82, 2.24) is 0 Å². The maximum Gasteiger partial charge on any atom is 0.184 e. The molecule has 0 radical (unpaired) electrons. The van der Waals surface area contributed by atoms with Gasteiger partial charge in [0.2, 0.25) is 0 Å². The van der Waals surface area contributed by atoms with Crippen LogP contribution in [0, 0.1) is 0 Å². The molecule has 0 fully saturated rings. The van der Waals surface area contributed by atoms with Crippen molar-refractivity contribution in [3.05, 3.63) is 30.3 Å². The van der Waals surface area contributed by atoms with Crippen LogP contribution in [0.15, 0.2) is 35.2 Å². The van der Waals surface area contributed by atoms with E-state index in [0.717, 1.165) is 5.75 Å². The average Bonchev–Trinajstić information content (AvgIpc) is 2.40. The third kappa shape index (κ3) is 8.83. The SMILES string of the molecule is CCCCCCC(CSc1ccccc1)O[Si](C)(C)C. The standard InChI is InChI=1S/C17H30OSSi/c1-5-6-7-9-12-16(18-20(2,3)4)15-19-17-13-10-8-11-14-17/h8,10-11,13-14,16H,5-7,9,12,15H2,1-4H3. The molecule has 1 aromatic rings. The van der Waals surface area contributed by atoms with E-state index in [1.807, 2.05) is 11.8 Å². The molecule has 0 saturated carbocycles. The molecule has 1 rings (SSSR count). The molecule has 1 atom stereocenters. The first-order chi connectivity index (χ1) is 9.51. The van der Waals surface area contributed by atoms with Crippen LogP contribution in [0.2, 0.25) is 19.6 Å². The van der Waals surface area contributed by atoms with Gasteiger partial charge in [-0.05, 0) is 38.2 Å². The second-order valence-electron chi connectivity index (χ2n) is 6.33. The van der Waals surface area contributed by atoms with Crippen LogP contribution in [-0.4, -0.2) is 20.2 Å². The number of hydrogen-bond acceptors (Lipinski definition) is 2. The Balaban J connectivity index is 2.41. The number of unbranched alkanes of at least 4 members (excludes halogenated alkanes) is 3. The van der Waals surface area contributed by atoms with Crippen molar-refractivity contribution in [2.24, 2.45) is 0 Å². The summed E-state index contributed by atoms with van der Waals surface area (Å²) in [4.78, 5) is 1.35. The van der Waals surface area contributed by atoms with Crippen molar-refractivity contribution < 1.29 is 4.43 Å². The van der Waals surface area contributed by atoms with Gasteiger partial charge in [0.15, 0.2) is 8.32 Å². The van der Waals surface area contributed by atoms with Crippen molar-refractivity contribution in [2.45, 2.75) is 69.7 Å². The predicted octanol–water partition coefficient (Wildman–Crippen LogP) is 5.97. The first-order valence-electron chi connectivity index (χ1n) is 7.87. The van der Waals surface area contributed by atoms with Crippen molar-refractivity contribution in [1.29, 1.82) is 0 Å². The normalized spacial score (nSPS) is 13.4. The van der Waals surface area contributed by atoms with Crippen LogP contribution in [0.5, 0.6) is 0 Å². The fraction of sp³-hybridized carbons (Fsp3) is 0.647. The third-order valence-electron chi connectivity index (χ3n) is 3.08. The monoisotopic (exact) mass is 310 g/mol. The molecule has 20 heavy (non-hydrogen) atoms. The molecular formula is C17H30OSSi. The second-order valence-corrected chi connectivity index (χ2v) is 11.9. The zero-order valence-electron chi connectivity index (χ0n) is 13.5. The van der Waals surface area contributed by atoms with Crippen LogP contribution in [0.4, 0.5) is 0 Å². The number of hydrogen-bond donors (Lipinski definition) is 0. The lowest BCUT2D eigenvalue weighted by Gasteiger charge is -2.26. The summed E-state index contributed by atoms with van der Waals surface area (Å²) < 4.78 is 6.36. The molecule has 0 aliphatic heterocycles. The summed E-state index contributed by atoms with van der Waals surface area (Å²) in [6.07, 6.45) is 6.94. The van der Waals surface area contributed by atoms with Crippen LogP contribution >= 0.6 is 11.8 Å². The number of rotatable bonds is 10. The van der Waals surface area contributed by atoms with Gasteiger partial charge in [-0.15, -0.1) is 11.8 Å². The van der Waals surface area contributed by atoms with Gasteiger partial charge in [-0.2, -0.15) is 0 Å². The van der Waals surface area contributed by atoms with Gasteiger partial charge in [0.1, 0.15) is 0 Å². The fourth-order valence-electron chi connectivity index (χ4n) is 2.18. The van der Waals surface area contributed by atoms with Gasteiger partial charge in [0.05, 0.1) is 6.10 Å². The van der Waals surface area contributed by atoms with Crippen molar-refractivity contribution in [2.75, 3.05) is 5.75 Å². The lowest BCUT2D eigenvalue weighted by atomic mass is 10.1. The van der Waals surface area contributed by atoms with Gasteiger partial charge in [-0.3, -0.25) is 0 Å². The zero-order chi connectivity index (χ0) is 14.8. The Labute approximate surface area is 130 Å². The summed E-state index contributed by atoms with van der Waals surface area (Å²) in [5.41, 5.74) is 0. The molecule has 0 saturated heterocycles. The first-order valence-corrected chi connectivity index (χ1v) is 12.3. The van der Waals surface area contributed by atoms with Gasteiger partial charge in [0.25, 0.3) is 0 Å². The summed E-state index contributed by atoms with van der Waals surface area (Å²) in [5, 5.41) is 0. The Kier molecular flexibility index (Phi) is 8.58. The maximum absolute atomic E-state index is 6.36. The highest BCUT2D eigenvalue weighted by Crippen LogP contribution is 2.23. The summed E-state index contributed by atoms with van der Waals surface area (Å²) in [7, 11) is -1.44. The van der Waals surface area contributed by atoms with Gasteiger partial charge in [-0.25, -0.2) is 0 Å². The summed E-state index contributed by atoms with van der Waals surface area (Å²) >= 11 is 1.93. The van der Waals surface area contributed by atoms with E-state index in [-0.39, 0.29) is 0 Å². The molecule has 3 heteroatoms. The molecule has 0 N–H and O–H groups in total. The van der Waals surface area contributed by atoms with E-state index in [1.54, 1.807) is 0 Å². The van der Waals surface area contributed by atoms with Crippen LogP contribution in [-0.2, 0) is 4.43 Å². The van der Waals surface area contributed by atoms with Gasteiger partial charge >= 0.3 is 0 Å². The molecule has 0 bridgehead atoms. The molecule has 0 spiro atoms. The minimum Gasteiger partial charge on any atom is -0.414 e. The number of benzene rings is 1. The number of thioether (sulfide) groups is 1. The molecular weight excluding hydrogens is 280 g/mol. The molecule has 114 valence electrons. The van der Waals surface area contributed by atoms with Crippen LogP contribution in [0.3, 0.4) is 0 Å². The van der Waals surface area contributed by atoms with Crippen molar-refractivity contribution in [3.63, 3.8) is 0 Å². The quantitative estimate of drug-likeness (QED) is 0.299. The lowest BCUT2D eigenvalue weighted by Crippen LogP contribution is -2.33. The Hall–Kier alpha value is -0.253. The minimum absolute atomic E-state index is 0.420. The van der Waals surface area contributed by atoms with Gasteiger partial charge in [-0.1, -0.05) is 50.8 Å². The predicted molar refractivity (Wildman–Crippen MR) is 94.1 cm³/mol. The molecule has 0 amide bonds. The molecule has 1 nitrogen and oxygen atoms in total. The molecule has 1 unspecified atom stereocenters. The van der Waals surface area contributed by atoms with E-state index in [9.17, 15) is 0 Å². The van der Waals surface area contributed by atoms with Gasteiger partial charge < -0.3 is 4.43 Å². The zero-order valence-corrected chi connectivity index (χ0v) is 15.3. The lowest BCUT2D eigenvalue weighted by molar-refractivity contribution is 0.203. The van der Waals surface area contributed by atoms with E-state index in [1.165, 1.54) is 37.0 Å². The minimum atomic E-state index is -1.44. The van der Waals surface area contributed by atoms with E-state index < -0.39 is 8.32 Å². The Morgan fingerprint density at radius 2 is 1.75 bits per heavy atom. The van der Waals surface area contributed by atoms with Gasteiger partial charge in [0, 0.05) is 10.6 Å². The van der Waals surface area contributed by atoms with Crippen LogP contribution < -0.4 is 0 Å². The molecule has 0 aromatic heterocycles. The third-order valence-corrected chi connectivity index (χ3v) is 5.26. The summed E-state index contributed by atoms with van der Waals surface area (Å²) in [5.74, 6) is 1.08. The van der Waals surface area contributed by atoms with E-state index in [2.05, 4.69) is 56.9 Å². The molecule has 0 aliphatic rings. The smallest absolute Gasteiger partial charge is 0.184 e. The molecule has 0 aliphatic carbocycles. The Morgan fingerprint density at radius 1 is 1.05 bits per heavy atom. The highest BCUT2D eigenvalue weighted by atomic mass is 32.2. The highest BCUT2D eigenvalue weighted by molar-refractivity contribution is 7.99. The first kappa shape index (κ1) is 17.8. The van der Waals surface area contributed by atoms with Crippen LogP contribution in [0.25, 0.3) is 0 Å². The Bertz CT molecular complexity index is 348. The topological polar surface area (TPSA) is 9.23 Å². The van der Waals surface area contributed by atoms with E-state index >= 15 is 0 Å². The average molecular weight is 311 g/mol. The van der Waals surface area contributed by atoms with E-state index in [0.29, 0.717) is 6.10 Å². The summed E-state index contributed by atoms with van der Waals surface area (Å²) in [6, 6.07) is 10.7. The maximum atomic E-state index is 6.36. The molecule has 1 aromatic carbocycles. The summed E-state index contributed by atoms with van der Waals surface area (Å²) in [6.45, 7) is 9.14. The fourth-order valence-corrected chi connectivity index (χ4v) is 4.47. The molecule has 0 heterocycles. The largest absolute Gasteiger partial charge is 0.414 e.